The lowest BCUT2D eigenvalue weighted by atomic mass is 10.0. The summed E-state index contributed by atoms with van der Waals surface area (Å²) in [4.78, 5) is 23.3. The lowest BCUT2D eigenvalue weighted by Crippen LogP contribution is -2.36. The Kier molecular flexibility index (Phi) is 5.31. The average molecular weight is 392 g/mol. The molecule has 2 heterocycles. The lowest BCUT2D eigenvalue weighted by Gasteiger charge is -2.28. The molecule has 1 aromatic heterocycles. The number of carboxylic acids is 1. The van der Waals surface area contributed by atoms with Crippen LogP contribution < -0.4 is 10.2 Å². The molecule has 0 saturated carbocycles. The third-order valence-corrected chi connectivity index (χ3v) is 5.14. The molecule has 0 bridgehead atoms. The van der Waals surface area contributed by atoms with Crippen molar-refractivity contribution in [3.05, 3.63) is 59.3 Å². The highest BCUT2D eigenvalue weighted by Crippen LogP contribution is 2.29. The second kappa shape index (κ2) is 8.05. The Morgan fingerprint density at radius 2 is 2.00 bits per heavy atom. The van der Waals surface area contributed by atoms with Crippen molar-refractivity contribution in [3.63, 3.8) is 0 Å². The summed E-state index contributed by atoms with van der Waals surface area (Å²) in [5, 5.41) is 12.8. The van der Waals surface area contributed by atoms with Crippen LogP contribution in [0.15, 0.2) is 42.6 Å². The maximum absolute atomic E-state index is 11.5. The molecule has 0 amide bonds. The van der Waals surface area contributed by atoms with Gasteiger partial charge in [-0.25, -0.2) is 9.78 Å². The van der Waals surface area contributed by atoms with E-state index in [0.717, 1.165) is 41.1 Å². The van der Waals surface area contributed by atoms with Crippen molar-refractivity contribution in [1.82, 2.24) is 9.97 Å². The highest BCUT2D eigenvalue weighted by atomic mass is 16.5. The van der Waals surface area contributed by atoms with Crippen LogP contribution in [0, 0.1) is 6.92 Å². The Morgan fingerprint density at radius 1 is 1.24 bits per heavy atom. The molecule has 150 valence electrons. The number of carbonyl (C=O) groups is 1. The van der Waals surface area contributed by atoms with Crippen LogP contribution in [-0.4, -0.2) is 47.3 Å². The van der Waals surface area contributed by atoms with Crippen LogP contribution in [-0.2, 0) is 4.74 Å². The Labute approximate surface area is 169 Å². The largest absolute Gasteiger partial charge is 0.478 e. The van der Waals surface area contributed by atoms with Crippen molar-refractivity contribution in [2.45, 2.75) is 19.9 Å². The van der Waals surface area contributed by atoms with E-state index in [1.54, 1.807) is 18.2 Å². The van der Waals surface area contributed by atoms with Gasteiger partial charge in [-0.3, -0.25) is 4.98 Å². The van der Waals surface area contributed by atoms with Gasteiger partial charge in [0.1, 0.15) is 5.82 Å². The van der Waals surface area contributed by atoms with Gasteiger partial charge in [-0.2, -0.15) is 0 Å². The number of carboxylic acid groups (broad SMARTS) is 1. The predicted molar refractivity (Wildman–Crippen MR) is 113 cm³/mol. The minimum absolute atomic E-state index is 0.146. The van der Waals surface area contributed by atoms with Gasteiger partial charge in [0.05, 0.1) is 42.0 Å². The molecule has 3 aromatic rings. The molecule has 1 atom stereocenters. The standard InChI is InChI=1S/C22H24N4O3/c1-14-11-17(15(2)24-18-6-4-3-5-16(18)22(27)28)21-19(12-14)23-13-20(25-21)26-7-9-29-10-8-26/h3-6,11-13,15,24H,7-10H2,1-2H3,(H,27,28). The highest BCUT2D eigenvalue weighted by molar-refractivity contribution is 5.94. The molecule has 0 radical (unpaired) electrons. The monoisotopic (exact) mass is 392 g/mol. The second-order valence-corrected chi connectivity index (χ2v) is 7.27. The second-order valence-electron chi connectivity index (χ2n) is 7.27. The Morgan fingerprint density at radius 3 is 2.76 bits per heavy atom. The number of aromatic nitrogens is 2. The van der Waals surface area contributed by atoms with Gasteiger partial charge >= 0.3 is 5.97 Å². The fraction of sp³-hybridized carbons (Fsp3) is 0.318. The first-order valence-electron chi connectivity index (χ1n) is 9.72. The maximum atomic E-state index is 11.5. The van der Waals surface area contributed by atoms with Gasteiger partial charge in [0.2, 0.25) is 0 Å². The van der Waals surface area contributed by atoms with E-state index < -0.39 is 5.97 Å². The molecule has 4 rings (SSSR count). The third-order valence-electron chi connectivity index (χ3n) is 5.14. The molecule has 29 heavy (non-hydrogen) atoms. The summed E-state index contributed by atoms with van der Waals surface area (Å²) in [5.74, 6) is -0.118. The number of aryl methyl sites for hydroxylation is 1. The number of nitrogens with zero attached hydrogens (tertiary/aromatic N) is 3. The number of hydrogen-bond acceptors (Lipinski definition) is 6. The van der Waals surface area contributed by atoms with Crippen molar-refractivity contribution in [3.8, 4) is 0 Å². The lowest BCUT2D eigenvalue weighted by molar-refractivity contribution is 0.0698. The van der Waals surface area contributed by atoms with Gasteiger partial charge in [-0.15, -0.1) is 0 Å². The average Bonchev–Trinajstić information content (AvgIpc) is 2.73. The van der Waals surface area contributed by atoms with Crippen LogP contribution in [0.1, 0.15) is 34.5 Å². The van der Waals surface area contributed by atoms with E-state index in [9.17, 15) is 9.90 Å². The number of aromatic carboxylic acids is 1. The normalized spacial score (nSPS) is 15.3. The summed E-state index contributed by atoms with van der Waals surface area (Å²) < 4.78 is 5.44. The van der Waals surface area contributed by atoms with E-state index in [1.807, 2.05) is 32.2 Å². The molecular formula is C22H24N4O3. The Bertz CT molecular complexity index is 1050. The minimum atomic E-state index is -0.955. The van der Waals surface area contributed by atoms with Crippen LogP contribution in [0.3, 0.4) is 0 Å². The fourth-order valence-electron chi connectivity index (χ4n) is 3.66. The summed E-state index contributed by atoms with van der Waals surface area (Å²) >= 11 is 0. The van der Waals surface area contributed by atoms with Crippen molar-refractivity contribution in [1.29, 1.82) is 0 Å². The summed E-state index contributed by atoms with van der Waals surface area (Å²) in [6.07, 6.45) is 1.81. The summed E-state index contributed by atoms with van der Waals surface area (Å²) in [6, 6.07) is 10.9. The topological polar surface area (TPSA) is 87.6 Å². The number of nitrogens with one attached hydrogen (secondary N) is 1. The molecule has 1 aliphatic rings. The number of anilines is 2. The Balaban J connectivity index is 1.72. The minimum Gasteiger partial charge on any atom is -0.478 e. The third kappa shape index (κ3) is 4.00. The first-order chi connectivity index (χ1) is 14.0. The molecule has 1 saturated heterocycles. The maximum Gasteiger partial charge on any atom is 0.337 e. The number of fused-ring (bicyclic) bond motifs is 1. The number of hydrogen-bond donors (Lipinski definition) is 2. The summed E-state index contributed by atoms with van der Waals surface area (Å²) in [6.45, 7) is 6.99. The van der Waals surface area contributed by atoms with Crippen molar-refractivity contribution < 1.29 is 14.6 Å². The van der Waals surface area contributed by atoms with Crippen LogP contribution >= 0.6 is 0 Å². The zero-order chi connectivity index (χ0) is 20.4. The van der Waals surface area contributed by atoms with E-state index >= 15 is 0 Å². The Hall–Kier alpha value is -3.19. The number of rotatable bonds is 5. The first-order valence-corrected chi connectivity index (χ1v) is 9.72. The summed E-state index contributed by atoms with van der Waals surface area (Å²) in [7, 11) is 0. The molecule has 7 nitrogen and oxygen atoms in total. The number of ether oxygens (including phenoxy) is 1. The van der Waals surface area contributed by atoms with Crippen LogP contribution in [0.25, 0.3) is 11.0 Å². The van der Waals surface area contributed by atoms with Crippen LogP contribution in [0.4, 0.5) is 11.5 Å². The van der Waals surface area contributed by atoms with E-state index in [2.05, 4.69) is 21.3 Å². The number of para-hydroxylation sites is 1. The van der Waals surface area contributed by atoms with Gasteiger partial charge in [0.15, 0.2) is 0 Å². The highest BCUT2D eigenvalue weighted by Gasteiger charge is 2.18. The van der Waals surface area contributed by atoms with Gasteiger partial charge in [0.25, 0.3) is 0 Å². The van der Waals surface area contributed by atoms with Crippen molar-refractivity contribution in [2.75, 3.05) is 36.5 Å². The van der Waals surface area contributed by atoms with Gasteiger partial charge in [0, 0.05) is 24.3 Å². The van der Waals surface area contributed by atoms with Crippen LogP contribution in [0.5, 0.6) is 0 Å². The summed E-state index contributed by atoms with van der Waals surface area (Å²) in [5.41, 5.74) is 4.56. The SMILES string of the molecule is Cc1cc(C(C)Nc2ccccc2C(=O)O)c2nc(N3CCOCC3)cnc2c1. The van der Waals surface area contributed by atoms with Gasteiger partial charge in [-0.05, 0) is 37.6 Å². The van der Waals surface area contributed by atoms with E-state index in [-0.39, 0.29) is 11.6 Å². The fourth-order valence-corrected chi connectivity index (χ4v) is 3.66. The van der Waals surface area contributed by atoms with Crippen molar-refractivity contribution in [2.24, 2.45) is 0 Å². The van der Waals surface area contributed by atoms with Crippen molar-refractivity contribution >= 4 is 28.5 Å². The van der Waals surface area contributed by atoms with E-state index in [4.69, 9.17) is 9.72 Å². The quantitative estimate of drug-likeness (QED) is 0.685. The van der Waals surface area contributed by atoms with Gasteiger partial charge in [-0.1, -0.05) is 18.2 Å². The van der Waals surface area contributed by atoms with E-state index in [0.29, 0.717) is 18.9 Å². The molecule has 2 aromatic carbocycles. The zero-order valence-electron chi connectivity index (χ0n) is 16.6. The molecular weight excluding hydrogens is 368 g/mol. The molecule has 2 N–H and O–H groups in total. The first kappa shape index (κ1) is 19.1. The van der Waals surface area contributed by atoms with Gasteiger partial charge < -0.3 is 20.1 Å². The smallest absolute Gasteiger partial charge is 0.337 e. The predicted octanol–water partition coefficient (Wildman–Crippen LogP) is 3.65. The molecule has 0 spiro atoms. The molecule has 0 aliphatic carbocycles. The molecule has 1 fully saturated rings. The molecule has 1 aliphatic heterocycles. The number of morpholine rings is 1. The van der Waals surface area contributed by atoms with Crippen LogP contribution in [0.2, 0.25) is 0 Å². The zero-order valence-corrected chi connectivity index (χ0v) is 16.6. The number of benzene rings is 2. The molecule has 1 unspecified atom stereocenters. The molecule has 7 heteroatoms. The van der Waals surface area contributed by atoms with E-state index in [1.165, 1.54) is 0 Å².